The summed E-state index contributed by atoms with van der Waals surface area (Å²) >= 11 is 0. The predicted octanol–water partition coefficient (Wildman–Crippen LogP) is 2.34. The Morgan fingerprint density at radius 2 is 2.24 bits per heavy atom. The van der Waals surface area contributed by atoms with Crippen molar-refractivity contribution in [1.29, 1.82) is 0 Å². The van der Waals surface area contributed by atoms with Gasteiger partial charge in [-0.25, -0.2) is 0 Å². The van der Waals surface area contributed by atoms with Crippen LogP contribution in [0.2, 0.25) is 0 Å². The molecule has 0 radical (unpaired) electrons. The third-order valence-electron chi connectivity index (χ3n) is 4.42. The standard InChI is InChI=1S/C17H22N2O2/c1-12(14-7-8-14)18-17(21)15-5-2-4-13(10-15)11-19-9-3-6-16(19)20/h2,4-5,10,12,14H,3,6-9,11H2,1H3,(H,18,21). The minimum Gasteiger partial charge on any atom is -0.349 e. The van der Waals surface area contributed by atoms with Gasteiger partial charge in [-0.05, 0) is 49.8 Å². The van der Waals surface area contributed by atoms with E-state index >= 15 is 0 Å². The molecular weight excluding hydrogens is 264 g/mol. The minimum absolute atomic E-state index is 0.0102. The molecule has 1 aliphatic heterocycles. The highest BCUT2D eigenvalue weighted by Gasteiger charge is 2.29. The van der Waals surface area contributed by atoms with Gasteiger partial charge in [-0.2, -0.15) is 0 Å². The molecular formula is C17H22N2O2. The molecule has 2 fully saturated rings. The fraction of sp³-hybridized carbons (Fsp3) is 0.529. The van der Waals surface area contributed by atoms with Crippen LogP contribution in [0.25, 0.3) is 0 Å². The minimum atomic E-state index is -0.0102. The van der Waals surface area contributed by atoms with E-state index in [4.69, 9.17) is 0 Å². The average molecular weight is 286 g/mol. The van der Waals surface area contributed by atoms with Crippen molar-refractivity contribution in [1.82, 2.24) is 10.2 Å². The lowest BCUT2D eigenvalue weighted by molar-refractivity contribution is -0.128. The highest BCUT2D eigenvalue weighted by molar-refractivity contribution is 5.94. The SMILES string of the molecule is CC(NC(=O)c1cccc(CN2CCCC2=O)c1)C1CC1. The number of carbonyl (C=O) groups is 2. The highest BCUT2D eigenvalue weighted by Crippen LogP contribution is 2.32. The van der Waals surface area contributed by atoms with E-state index in [1.54, 1.807) is 0 Å². The van der Waals surface area contributed by atoms with E-state index in [1.165, 1.54) is 12.8 Å². The molecule has 1 aromatic carbocycles. The van der Waals surface area contributed by atoms with Crippen molar-refractivity contribution in [2.24, 2.45) is 5.92 Å². The zero-order valence-electron chi connectivity index (χ0n) is 12.5. The number of rotatable bonds is 5. The van der Waals surface area contributed by atoms with E-state index in [0.717, 1.165) is 18.5 Å². The number of nitrogens with one attached hydrogen (secondary N) is 1. The maximum atomic E-state index is 12.2. The maximum Gasteiger partial charge on any atom is 0.251 e. The first kappa shape index (κ1) is 14.1. The van der Waals surface area contributed by atoms with E-state index < -0.39 is 0 Å². The van der Waals surface area contributed by atoms with Gasteiger partial charge in [-0.3, -0.25) is 9.59 Å². The Morgan fingerprint density at radius 3 is 2.90 bits per heavy atom. The Hall–Kier alpha value is -1.84. The summed E-state index contributed by atoms with van der Waals surface area (Å²) in [5.41, 5.74) is 1.71. The van der Waals surface area contributed by atoms with Crippen molar-refractivity contribution in [3.05, 3.63) is 35.4 Å². The smallest absolute Gasteiger partial charge is 0.251 e. The van der Waals surface area contributed by atoms with Crippen LogP contribution < -0.4 is 5.32 Å². The number of carbonyl (C=O) groups excluding carboxylic acids is 2. The molecule has 1 saturated heterocycles. The number of hydrogen-bond acceptors (Lipinski definition) is 2. The Labute approximate surface area is 125 Å². The van der Waals surface area contributed by atoms with Crippen molar-refractivity contribution in [2.45, 2.75) is 45.2 Å². The summed E-state index contributed by atoms with van der Waals surface area (Å²) in [4.78, 5) is 25.8. The number of amides is 2. The molecule has 1 unspecified atom stereocenters. The molecule has 1 heterocycles. The molecule has 2 aliphatic rings. The second kappa shape index (κ2) is 5.88. The van der Waals surface area contributed by atoms with Crippen LogP contribution in [0, 0.1) is 5.92 Å². The van der Waals surface area contributed by atoms with Gasteiger partial charge < -0.3 is 10.2 Å². The monoisotopic (exact) mass is 286 g/mol. The lowest BCUT2D eigenvalue weighted by atomic mass is 10.1. The maximum absolute atomic E-state index is 12.2. The number of benzene rings is 1. The van der Waals surface area contributed by atoms with Crippen LogP contribution in [0.4, 0.5) is 0 Å². The van der Waals surface area contributed by atoms with Gasteiger partial charge >= 0.3 is 0 Å². The Morgan fingerprint density at radius 1 is 1.43 bits per heavy atom. The van der Waals surface area contributed by atoms with Crippen molar-refractivity contribution < 1.29 is 9.59 Å². The van der Waals surface area contributed by atoms with Gasteiger partial charge in [0.1, 0.15) is 0 Å². The lowest BCUT2D eigenvalue weighted by Gasteiger charge is -2.17. The first-order valence-electron chi connectivity index (χ1n) is 7.81. The van der Waals surface area contributed by atoms with Gasteiger partial charge in [0.25, 0.3) is 5.91 Å². The normalized spacial score (nSPS) is 19.7. The van der Waals surface area contributed by atoms with Crippen molar-refractivity contribution >= 4 is 11.8 Å². The summed E-state index contributed by atoms with van der Waals surface area (Å²) in [5, 5.41) is 3.07. The third kappa shape index (κ3) is 3.43. The van der Waals surface area contributed by atoms with Crippen LogP contribution in [-0.2, 0) is 11.3 Å². The van der Waals surface area contributed by atoms with Crippen molar-refractivity contribution in [3.63, 3.8) is 0 Å². The average Bonchev–Trinajstić information content (AvgIpc) is 3.25. The lowest BCUT2D eigenvalue weighted by Crippen LogP contribution is -2.34. The van der Waals surface area contributed by atoms with Crippen LogP contribution in [0.15, 0.2) is 24.3 Å². The van der Waals surface area contributed by atoms with Crippen LogP contribution in [0.1, 0.15) is 48.5 Å². The molecule has 4 heteroatoms. The van der Waals surface area contributed by atoms with E-state index in [9.17, 15) is 9.59 Å². The molecule has 4 nitrogen and oxygen atoms in total. The van der Waals surface area contributed by atoms with Gasteiger partial charge in [-0.15, -0.1) is 0 Å². The molecule has 1 aromatic rings. The van der Waals surface area contributed by atoms with Gasteiger partial charge in [0.2, 0.25) is 5.91 Å². The largest absolute Gasteiger partial charge is 0.349 e. The Balaban J connectivity index is 1.64. The van der Waals surface area contributed by atoms with Crippen LogP contribution >= 0.6 is 0 Å². The molecule has 2 amide bonds. The van der Waals surface area contributed by atoms with Crippen LogP contribution in [0.3, 0.4) is 0 Å². The van der Waals surface area contributed by atoms with Crippen LogP contribution in [-0.4, -0.2) is 29.3 Å². The zero-order chi connectivity index (χ0) is 14.8. The molecule has 0 spiro atoms. The topological polar surface area (TPSA) is 49.4 Å². The summed E-state index contributed by atoms with van der Waals surface area (Å²) in [6, 6.07) is 7.87. The number of likely N-dealkylation sites (tertiary alicyclic amines) is 1. The second-order valence-corrected chi connectivity index (χ2v) is 6.22. The van der Waals surface area contributed by atoms with Gasteiger partial charge in [0.15, 0.2) is 0 Å². The van der Waals surface area contributed by atoms with Gasteiger partial charge in [0, 0.05) is 31.1 Å². The quantitative estimate of drug-likeness (QED) is 0.903. The summed E-state index contributed by atoms with van der Waals surface area (Å²) in [6.45, 7) is 3.51. The van der Waals surface area contributed by atoms with Crippen LogP contribution in [0.5, 0.6) is 0 Å². The van der Waals surface area contributed by atoms with Gasteiger partial charge in [0.05, 0.1) is 0 Å². The number of nitrogens with zero attached hydrogens (tertiary/aromatic N) is 1. The summed E-state index contributed by atoms with van der Waals surface area (Å²) in [7, 11) is 0. The number of hydrogen-bond donors (Lipinski definition) is 1. The summed E-state index contributed by atoms with van der Waals surface area (Å²) in [5.74, 6) is 0.857. The summed E-state index contributed by atoms with van der Waals surface area (Å²) < 4.78 is 0. The molecule has 1 saturated carbocycles. The molecule has 21 heavy (non-hydrogen) atoms. The molecule has 112 valence electrons. The van der Waals surface area contributed by atoms with Gasteiger partial charge in [-0.1, -0.05) is 12.1 Å². The second-order valence-electron chi connectivity index (χ2n) is 6.22. The first-order valence-corrected chi connectivity index (χ1v) is 7.81. The molecule has 1 N–H and O–H groups in total. The molecule has 1 atom stereocenters. The van der Waals surface area contributed by atoms with E-state index in [2.05, 4.69) is 12.2 Å². The van der Waals surface area contributed by atoms with E-state index in [1.807, 2.05) is 29.2 Å². The molecule has 0 bridgehead atoms. The molecule has 0 aromatic heterocycles. The zero-order valence-corrected chi connectivity index (χ0v) is 12.5. The first-order chi connectivity index (χ1) is 10.1. The third-order valence-corrected chi connectivity index (χ3v) is 4.42. The fourth-order valence-electron chi connectivity index (χ4n) is 2.91. The molecule has 3 rings (SSSR count). The van der Waals surface area contributed by atoms with E-state index in [-0.39, 0.29) is 17.9 Å². The van der Waals surface area contributed by atoms with Crippen molar-refractivity contribution in [3.8, 4) is 0 Å². The Kier molecular flexibility index (Phi) is 3.95. The van der Waals surface area contributed by atoms with Crippen molar-refractivity contribution in [2.75, 3.05) is 6.54 Å². The molecule has 1 aliphatic carbocycles. The predicted molar refractivity (Wildman–Crippen MR) is 80.7 cm³/mol. The fourth-order valence-corrected chi connectivity index (χ4v) is 2.91. The van der Waals surface area contributed by atoms with E-state index in [0.29, 0.717) is 24.4 Å². The highest BCUT2D eigenvalue weighted by atomic mass is 16.2. The summed E-state index contributed by atoms with van der Waals surface area (Å²) in [6.07, 6.45) is 4.04. The Bertz CT molecular complexity index is 551.